The Hall–Kier alpha value is -1.33. The molecular weight excluding hydrogens is 295 g/mol. The number of carbonyl (C=O) groups excluding carboxylic acids is 1. The lowest BCUT2D eigenvalue weighted by molar-refractivity contribution is 0.0897. The second-order valence-corrected chi connectivity index (χ2v) is 5.36. The Labute approximate surface area is 130 Å². The van der Waals surface area contributed by atoms with E-state index < -0.39 is 5.82 Å². The molecule has 1 aliphatic rings. The summed E-state index contributed by atoms with van der Waals surface area (Å²) >= 11 is 0. The number of methoxy groups -OCH3 is 1. The van der Waals surface area contributed by atoms with Gasteiger partial charge in [-0.25, -0.2) is 4.39 Å². The van der Waals surface area contributed by atoms with E-state index in [4.69, 9.17) is 4.74 Å². The maximum atomic E-state index is 13.6. The Morgan fingerprint density at radius 3 is 2.71 bits per heavy atom. The lowest BCUT2D eigenvalue weighted by Crippen LogP contribution is -2.55. The zero-order chi connectivity index (χ0) is 14.7. The van der Waals surface area contributed by atoms with E-state index >= 15 is 0 Å². The molecule has 0 aromatic heterocycles. The minimum absolute atomic E-state index is 0. The summed E-state index contributed by atoms with van der Waals surface area (Å²) in [4.78, 5) is 12.2. The van der Waals surface area contributed by atoms with Crippen LogP contribution < -0.4 is 15.4 Å². The maximum Gasteiger partial charge on any atom is 0.251 e. The summed E-state index contributed by atoms with van der Waals surface area (Å²) in [5, 5.41) is 6.33. The highest BCUT2D eigenvalue weighted by molar-refractivity contribution is 5.94. The van der Waals surface area contributed by atoms with E-state index in [9.17, 15) is 9.18 Å². The van der Waals surface area contributed by atoms with Crippen molar-refractivity contribution in [2.45, 2.75) is 32.4 Å². The van der Waals surface area contributed by atoms with E-state index in [0.717, 1.165) is 13.0 Å². The molecule has 3 unspecified atom stereocenters. The fourth-order valence-corrected chi connectivity index (χ4v) is 2.65. The molecule has 1 amide bonds. The molecule has 21 heavy (non-hydrogen) atoms. The van der Waals surface area contributed by atoms with Gasteiger partial charge in [0.25, 0.3) is 5.91 Å². The summed E-state index contributed by atoms with van der Waals surface area (Å²) in [6, 6.07) is 4.52. The van der Waals surface area contributed by atoms with Crippen molar-refractivity contribution in [3.05, 3.63) is 29.6 Å². The summed E-state index contributed by atoms with van der Waals surface area (Å²) in [6.07, 6.45) is 1.02. The predicted molar refractivity (Wildman–Crippen MR) is 82.7 cm³/mol. The molecule has 2 N–H and O–H groups in total. The van der Waals surface area contributed by atoms with Crippen molar-refractivity contribution in [1.82, 2.24) is 10.6 Å². The largest absolute Gasteiger partial charge is 0.494 e. The predicted octanol–water partition coefficient (Wildman–Crippen LogP) is 2.37. The number of piperidine rings is 1. The summed E-state index contributed by atoms with van der Waals surface area (Å²) in [5.74, 6) is -0.233. The number of halogens is 2. The quantitative estimate of drug-likeness (QED) is 0.900. The molecule has 1 aromatic carbocycles. The number of ether oxygens (including phenoxy) is 1. The van der Waals surface area contributed by atoms with Gasteiger partial charge < -0.3 is 15.4 Å². The van der Waals surface area contributed by atoms with Crippen LogP contribution in [0.4, 0.5) is 4.39 Å². The molecule has 0 spiro atoms. The molecule has 3 atom stereocenters. The fourth-order valence-electron chi connectivity index (χ4n) is 2.65. The molecular formula is C15H22ClFN2O2. The number of benzene rings is 1. The first-order valence-electron chi connectivity index (χ1n) is 6.90. The first-order chi connectivity index (χ1) is 9.52. The minimum Gasteiger partial charge on any atom is -0.494 e. The molecule has 2 rings (SSSR count). The Morgan fingerprint density at radius 1 is 1.43 bits per heavy atom. The van der Waals surface area contributed by atoms with Gasteiger partial charge in [-0.05, 0) is 44.0 Å². The molecule has 1 heterocycles. The van der Waals surface area contributed by atoms with Crippen LogP contribution in [0.25, 0.3) is 0 Å². The molecule has 0 bridgehead atoms. The standard InChI is InChI=1S/C15H21FN2O2.ClH/c1-9-6-7-17-10(2)14(9)18-15(19)11-4-5-13(20-3)12(16)8-11;/h4-5,8-10,14,17H,6-7H2,1-3H3,(H,18,19);1H. The van der Waals surface area contributed by atoms with Crippen LogP contribution in [0.3, 0.4) is 0 Å². The van der Waals surface area contributed by atoms with Gasteiger partial charge in [0.05, 0.1) is 7.11 Å². The molecule has 0 aliphatic carbocycles. The van der Waals surface area contributed by atoms with Crippen molar-refractivity contribution in [1.29, 1.82) is 0 Å². The van der Waals surface area contributed by atoms with Gasteiger partial charge in [-0.2, -0.15) is 0 Å². The van der Waals surface area contributed by atoms with Crippen LogP contribution >= 0.6 is 12.4 Å². The molecule has 1 fully saturated rings. The van der Waals surface area contributed by atoms with Crippen LogP contribution in [-0.2, 0) is 0 Å². The molecule has 118 valence electrons. The smallest absolute Gasteiger partial charge is 0.251 e. The van der Waals surface area contributed by atoms with E-state index in [2.05, 4.69) is 24.5 Å². The molecule has 4 nitrogen and oxygen atoms in total. The van der Waals surface area contributed by atoms with Gasteiger partial charge >= 0.3 is 0 Å². The summed E-state index contributed by atoms with van der Waals surface area (Å²) in [5.41, 5.74) is 0.313. The van der Waals surface area contributed by atoms with Crippen molar-refractivity contribution >= 4 is 18.3 Å². The zero-order valence-corrected chi connectivity index (χ0v) is 13.3. The van der Waals surface area contributed by atoms with E-state index in [-0.39, 0.29) is 36.1 Å². The van der Waals surface area contributed by atoms with E-state index in [0.29, 0.717) is 11.5 Å². The first-order valence-corrected chi connectivity index (χ1v) is 6.90. The van der Waals surface area contributed by atoms with Crippen LogP contribution in [0.1, 0.15) is 30.6 Å². The average molecular weight is 317 g/mol. The van der Waals surface area contributed by atoms with Crippen LogP contribution in [0.5, 0.6) is 5.75 Å². The number of nitrogens with one attached hydrogen (secondary N) is 2. The molecule has 1 aliphatic heterocycles. The zero-order valence-electron chi connectivity index (χ0n) is 12.5. The number of hydrogen-bond donors (Lipinski definition) is 2. The lowest BCUT2D eigenvalue weighted by atomic mass is 9.89. The molecule has 1 saturated heterocycles. The minimum atomic E-state index is -0.525. The number of amides is 1. The third-order valence-electron chi connectivity index (χ3n) is 3.93. The van der Waals surface area contributed by atoms with Gasteiger partial charge in [0, 0.05) is 17.6 Å². The van der Waals surface area contributed by atoms with Crippen molar-refractivity contribution in [2.24, 2.45) is 5.92 Å². The van der Waals surface area contributed by atoms with E-state index in [1.807, 2.05) is 0 Å². The van der Waals surface area contributed by atoms with Gasteiger partial charge in [0.2, 0.25) is 0 Å². The normalized spacial score (nSPS) is 24.9. The summed E-state index contributed by atoms with van der Waals surface area (Å²) in [6.45, 7) is 5.14. The van der Waals surface area contributed by atoms with Gasteiger partial charge in [0.15, 0.2) is 11.6 Å². The maximum absolute atomic E-state index is 13.6. The number of hydrogen-bond acceptors (Lipinski definition) is 3. The topological polar surface area (TPSA) is 50.4 Å². The van der Waals surface area contributed by atoms with Crippen molar-refractivity contribution in [3.63, 3.8) is 0 Å². The Bertz CT molecular complexity index is 489. The highest BCUT2D eigenvalue weighted by Gasteiger charge is 2.29. The molecule has 0 saturated carbocycles. The number of rotatable bonds is 3. The van der Waals surface area contributed by atoms with Gasteiger partial charge in [0.1, 0.15) is 0 Å². The highest BCUT2D eigenvalue weighted by atomic mass is 35.5. The number of carbonyl (C=O) groups is 1. The fraction of sp³-hybridized carbons (Fsp3) is 0.533. The monoisotopic (exact) mass is 316 g/mol. The van der Waals surface area contributed by atoms with Crippen LogP contribution in [-0.4, -0.2) is 31.6 Å². The molecule has 1 aromatic rings. The molecule has 6 heteroatoms. The lowest BCUT2D eigenvalue weighted by Gasteiger charge is -2.36. The Kier molecular flexibility index (Phi) is 6.42. The molecule has 0 radical (unpaired) electrons. The van der Waals surface area contributed by atoms with Crippen molar-refractivity contribution in [2.75, 3.05) is 13.7 Å². The van der Waals surface area contributed by atoms with Crippen LogP contribution in [0.2, 0.25) is 0 Å². The van der Waals surface area contributed by atoms with E-state index in [1.165, 1.54) is 19.2 Å². The van der Waals surface area contributed by atoms with Crippen molar-refractivity contribution < 1.29 is 13.9 Å². The van der Waals surface area contributed by atoms with Crippen LogP contribution in [0, 0.1) is 11.7 Å². The summed E-state index contributed by atoms with van der Waals surface area (Å²) < 4.78 is 18.5. The second kappa shape index (κ2) is 7.61. The van der Waals surface area contributed by atoms with Gasteiger partial charge in [-0.15, -0.1) is 12.4 Å². The first kappa shape index (κ1) is 17.7. The summed E-state index contributed by atoms with van der Waals surface area (Å²) in [7, 11) is 1.40. The highest BCUT2D eigenvalue weighted by Crippen LogP contribution is 2.19. The van der Waals surface area contributed by atoms with Crippen molar-refractivity contribution in [3.8, 4) is 5.75 Å². The third-order valence-corrected chi connectivity index (χ3v) is 3.93. The van der Waals surface area contributed by atoms with Gasteiger partial charge in [-0.1, -0.05) is 6.92 Å². The second-order valence-electron chi connectivity index (χ2n) is 5.36. The van der Waals surface area contributed by atoms with Gasteiger partial charge in [-0.3, -0.25) is 4.79 Å². The Morgan fingerprint density at radius 2 is 2.14 bits per heavy atom. The van der Waals surface area contributed by atoms with Crippen LogP contribution in [0.15, 0.2) is 18.2 Å². The Balaban J connectivity index is 0.00000220. The SMILES string of the molecule is COc1ccc(C(=O)NC2C(C)CCNC2C)cc1F.Cl. The average Bonchev–Trinajstić information content (AvgIpc) is 2.42. The third kappa shape index (κ3) is 4.08. The van der Waals surface area contributed by atoms with E-state index in [1.54, 1.807) is 6.07 Å².